The summed E-state index contributed by atoms with van der Waals surface area (Å²) in [5, 5.41) is 0. The van der Waals surface area contributed by atoms with Crippen LogP contribution >= 0.6 is 0 Å². The van der Waals surface area contributed by atoms with Gasteiger partial charge < -0.3 is 5.73 Å². The molecule has 0 unspecified atom stereocenters. The highest BCUT2D eigenvalue weighted by atomic mass is 16.1. The van der Waals surface area contributed by atoms with E-state index in [1.165, 1.54) is 0 Å². The van der Waals surface area contributed by atoms with Gasteiger partial charge in [0.1, 0.15) is 0 Å². The lowest BCUT2D eigenvalue weighted by Gasteiger charge is -2.14. The molecule has 0 radical (unpaired) electrons. The SMILES string of the molecule is NC(=O)c1ccccc1-c1ccncc1-c1cccnc1-c1cccnc1. The summed E-state index contributed by atoms with van der Waals surface area (Å²) in [6.45, 7) is 0. The first-order valence-electron chi connectivity index (χ1n) is 8.44. The molecule has 130 valence electrons. The fourth-order valence-corrected chi connectivity index (χ4v) is 3.13. The Balaban J connectivity index is 1.96. The zero-order chi connectivity index (χ0) is 18.6. The molecule has 3 heterocycles. The normalized spacial score (nSPS) is 10.5. The smallest absolute Gasteiger partial charge is 0.249 e. The highest BCUT2D eigenvalue weighted by Crippen LogP contribution is 2.37. The molecule has 5 nitrogen and oxygen atoms in total. The number of primary amides is 1. The lowest BCUT2D eigenvalue weighted by molar-refractivity contribution is 0.100. The van der Waals surface area contributed by atoms with Crippen molar-refractivity contribution in [2.45, 2.75) is 0 Å². The van der Waals surface area contributed by atoms with Crippen molar-refractivity contribution in [3.05, 3.63) is 91.1 Å². The van der Waals surface area contributed by atoms with Crippen LogP contribution in [0.3, 0.4) is 0 Å². The second kappa shape index (κ2) is 7.17. The van der Waals surface area contributed by atoms with Crippen molar-refractivity contribution in [1.29, 1.82) is 0 Å². The third-order valence-corrected chi connectivity index (χ3v) is 4.34. The van der Waals surface area contributed by atoms with Crippen LogP contribution in [0.15, 0.2) is 85.6 Å². The van der Waals surface area contributed by atoms with Crippen molar-refractivity contribution in [1.82, 2.24) is 15.0 Å². The van der Waals surface area contributed by atoms with Crippen LogP contribution < -0.4 is 5.73 Å². The first-order chi connectivity index (χ1) is 13.3. The van der Waals surface area contributed by atoms with E-state index < -0.39 is 5.91 Å². The number of benzene rings is 1. The zero-order valence-electron chi connectivity index (χ0n) is 14.4. The predicted molar refractivity (Wildman–Crippen MR) is 105 cm³/mol. The molecule has 4 aromatic rings. The fourth-order valence-electron chi connectivity index (χ4n) is 3.13. The molecule has 0 aliphatic rings. The highest BCUT2D eigenvalue weighted by Gasteiger charge is 2.17. The van der Waals surface area contributed by atoms with Gasteiger partial charge in [-0.25, -0.2) is 0 Å². The Morgan fingerprint density at radius 3 is 2.30 bits per heavy atom. The standard InChI is InChI=1S/C22H16N4O/c23-22(27)19-7-2-1-6-16(19)17-9-12-25-14-20(17)18-8-4-11-26-21(18)15-5-3-10-24-13-15/h1-14H,(H2,23,27). The Hall–Kier alpha value is -3.86. The first-order valence-corrected chi connectivity index (χ1v) is 8.44. The maximum atomic E-state index is 11.9. The van der Waals surface area contributed by atoms with Crippen molar-refractivity contribution in [3.63, 3.8) is 0 Å². The molecule has 1 amide bonds. The summed E-state index contributed by atoms with van der Waals surface area (Å²) >= 11 is 0. The summed E-state index contributed by atoms with van der Waals surface area (Å²) < 4.78 is 0. The molecule has 0 bridgehead atoms. The van der Waals surface area contributed by atoms with E-state index >= 15 is 0 Å². The Morgan fingerprint density at radius 2 is 1.48 bits per heavy atom. The van der Waals surface area contributed by atoms with Crippen LogP contribution in [0.25, 0.3) is 33.5 Å². The van der Waals surface area contributed by atoms with E-state index in [1.54, 1.807) is 43.1 Å². The van der Waals surface area contributed by atoms with Gasteiger partial charge in [-0.2, -0.15) is 0 Å². The molecule has 1 aromatic carbocycles. The quantitative estimate of drug-likeness (QED) is 0.602. The molecule has 0 saturated heterocycles. The third kappa shape index (κ3) is 3.18. The van der Waals surface area contributed by atoms with E-state index in [2.05, 4.69) is 15.0 Å². The first kappa shape index (κ1) is 16.6. The van der Waals surface area contributed by atoms with Gasteiger partial charge in [-0.05, 0) is 41.5 Å². The molecule has 0 aliphatic carbocycles. The highest BCUT2D eigenvalue weighted by molar-refractivity contribution is 6.02. The van der Waals surface area contributed by atoms with Crippen LogP contribution in [0.1, 0.15) is 10.4 Å². The molecule has 0 spiro atoms. The van der Waals surface area contributed by atoms with Crippen LogP contribution in [-0.2, 0) is 0 Å². The minimum Gasteiger partial charge on any atom is -0.366 e. The average molecular weight is 352 g/mol. The molecule has 4 rings (SSSR count). The summed E-state index contributed by atoms with van der Waals surface area (Å²) in [4.78, 5) is 25.0. The predicted octanol–water partition coefficient (Wildman–Crippen LogP) is 3.97. The van der Waals surface area contributed by atoms with E-state index in [4.69, 9.17) is 5.73 Å². The van der Waals surface area contributed by atoms with E-state index in [1.807, 2.05) is 42.5 Å². The Morgan fingerprint density at radius 1 is 0.704 bits per heavy atom. The van der Waals surface area contributed by atoms with Crippen molar-refractivity contribution < 1.29 is 4.79 Å². The van der Waals surface area contributed by atoms with Gasteiger partial charge in [0.15, 0.2) is 0 Å². The Labute approximate surface area is 156 Å². The van der Waals surface area contributed by atoms with Crippen molar-refractivity contribution in [2.24, 2.45) is 5.73 Å². The average Bonchev–Trinajstić information content (AvgIpc) is 2.74. The van der Waals surface area contributed by atoms with Crippen LogP contribution in [-0.4, -0.2) is 20.9 Å². The lowest BCUT2D eigenvalue weighted by Crippen LogP contribution is -2.12. The fraction of sp³-hybridized carbons (Fsp3) is 0. The number of nitrogens with two attached hydrogens (primary N) is 1. The molecule has 3 aromatic heterocycles. The van der Waals surface area contributed by atoms with Gasteiger partial charge in [0.25, 0.3) is 0 Å². The van der Waals surface area contributed by atoms with Gasteiger partial charge in [0.2, 0.25) is 5.91 Å². The maximum absolute atomic E-state index is 11.9. The van der Waals surface area contributed by atoms with Crippen LogP contribution in [0.2, 0.25) is 0 Å². The molecule has 0 saturated carbocycles. The molecule has 0 aliphatic heterocycles. The van der Waals surface area contributed by atoms with E-state index in [0.29, 0.717) is 5.56 Å². The van der Waals surface area contributed by atoms with Gasteiger partial charge in [-0.15, -0.1) is 0 Å². The van der Waals surface area contributed by atoms with Gasteiger partial charge in [-0.3, -0.25) is 19.7 Å². The number of pyridine rings is 3. The number of hydrogen-bond acceptors (Lipinski definition) is 4. The second-order valence-electron chi connectivity index (χ2n) is 5.97. The summed E-state index contributed by atoms with van der Waals surface area (Å²) in [6.07, 6.45) is 8.74. The summed E-state index contributed by atoms with van der Waals surface area (Å²) in [5.74, 6) is -0.466. The van der Waals surface area contributed by atoms with Crippen LogP contribution in [0.5, 0.6) is 0 Å². The number of amides is 1. The van der Waals surface area contributed by atoms with Crippen molar-refractivity contribution in [3.8, 4) is 33.5 Å². The number of carbonyl (C=O) groups excluding carboxylic acids is 1. The Bertz CT molecular complexity index is 1110. The molecule has 27 heavy (non-hydrogen) atoms. The molecule has 2 N–H and O–H groups in total. The van der Waals surface area contributed by atoms with Crippen LogP contribution in [0, 0.1) is 0 Å². The monoisotopic (exact) mass is 352 g/mol. The number of nitrogens with zero attached hydrogens (tertiary/aromatic N) is 3. The summed E-state index contributed by atoms with van der Waals surface area (Å²) in [6, 6.07) is 16.9. The molecule has 0 atom stereocenters. The number of rotatable bonds is 4. The topological polar surface area (TPSA) is 81.8 Å². The van der Waals surface area contributed by atoms with E-state index in [0.717, 1.165) is 33.5 Å². The van der Waals surface area contributed by atoms with E-state index in [9.17, 15) is 4.79 Å². The van der Waals surface area contributed by atoms with Gasteiger partial charge in [0.05, 0.1) is 5.69 Å². The maximum Gasteiger partial charge on any atom is 0.249 e. The minimum absolute atomic E-state index is 0.466. The zero-order valence-corrected chi connectivity index (χ0v) is 14.4. The molecular weight excluding hydrogens is 336 g/mol. The van der Waals surface area contributed by atoms with Crippen molar-refractivity contribution in [2.75, 3.05) is 0 Å². The van der Waals surface area contributed by atoms with E-state index in [-0.39, 0.29) is 0 Å². The van der Waals surface area contributed by atoms with Crippen LogP contribution in [0.4, 0.5) is 0 Å². The van der Waals surface area contributed by atoms with Gasteiger partial charge in [0, 0.05) is 53.2 Å². The Kier molecular flexibility index (Phi) is 4.41. The number of carbonyl (C=O) groups is 1. The lowest BCUT2D eigenvalue weighted by atomic mass is 9.91. The van der Waals surface area contributed by atoms with Gasteiger partial charge in [-0.1, -0.05) is 24.3 Å². The number of aromatic nitrogens is 3. The largest absolute Gasteiger partial charge is 0.366 e. The van der Waals surface area contributed by atoms with Gasteiger partial charge >= 0.3 is 0 Å². The molecule has 5 heteroatoms. The van der Waals surface area contributed by atoms with Crippen molar-refractivity contribution >= 4 is 5.91 Å². The summed E-state index contributed by atoms with van der Waals surface area (Å²) in [7, 11) is 0. The number of hydrogen-bond donors (Lipinski definition) is 1. The molecule has 0 fully saturated rings. The molecular formula is C22H16N4O. The second-order valence-corrected chi connectivity index (χ2v) is 5.97. The summed E-state index contributed by atoms with van der Waals surface area (Å²) in [5.41, 5.74) is 11.2. The third-order valence-electron chi connectivity index (χ3n) is 4.34. The minimum atomic E-state index is -0.466.